The zero-order valence-electron chi connectivity index (χ0n) is 13.7. The second-order valence-electron chi connectivity index (χ2n) is 5.77. The van der Waals surface area contributed by atoms with E-state index in [4.69, 9.17) is 16.3 Å². The summed E-state index contributed by atoms with van der Waals surface area (Å²) in [4.78, 5) is 21.3. The van der Waals surface area contributed by atoms with E-state index in [-0.39, 0.29) is 5.56 Å². The maximum atomic E-state index is 12.8. The van der Waals surface area contributed by atoms with E-state index < -0.39 is 0 Å². The van der Waals surface area contributed by atoms with Gasteiger partial charge in [0.2, 0.25) is 0 Å². The molecule has 2 aromatic carbocycles. The molecule has 6 heteroatoms. The van der Waals surface area contributed by atoms with Gasteiger partial charge >= 0.3 is 0 Å². The van der Waals surface area contributed by atoms with Gasteiger partial charge in [0.15, 0.2) is 0 Å². The lowest BCUT2D eigenvalue weighted by molar-refractivity contribution is 0.483. The first-order valence-electron chi connectivity index (χ1n) is 8.00. The first-order chi connectivity index (χ1) is 12.7. The van der Waals surface area contributed by atoms with Gasteiger partial charge in [-0.3, -0.25) is 14.3 Å². The summed E-state index contributed by atoms with van der Waals surface area (Å²) >= 11 is 5.89. The van der Waals surface area contributed by atoms with Crippen molar-refractivity contribution in [2.45, 2.75) is 6.54 Å². The van der Waals surface area contributed by atoms with E-state index >= 15 is 0 Å². The Morgan fingerprint density at radius 1 is 1.04 bits per heavy atom. The highest BCUT2D eigenvalue weighted by atomic mass is 35.5. The number of hydrogen-bond acceptors (Lipinski definition) is 4. The number of rotatable bonds is 4. The van der Waals surface area contributed by atoms with Gasteiger partial charge in [-0.25, -0.2) is 4.98 Å². The first-order valence-corrected chi connectivity index (χ1v) is 8.38. The Labute approximate surface area is 154 Å². The van der Waals surface area contributed by atoms with E-state index in [9.17, 15) is 4.79 Å². The molecule has 0 saturated carbocycles. The largest absolute Gasteiger partial charge is 0.457 e. The van der Waals surface area contributed by atoms with Crippen molar-refractivity contribution in [1.82, 2.24) is 14.5 Å². The van der Waals surface area contributed by atoms with Gasteiger partial charge < -0.3 is 4.74 Å². The van der Waals surface area contributed by atoms with Crippen LogP contribution in [0.5, 0.6) is 11.5 Å². The van der Waals surface area contributed by atoms with Crippen molar-refractivity contribution in [3.05, 3.63) is 94.3 Å². The molecule has 128 valence electrons. The predicted octanol–water partition coefficient (Wildman–Crippen LogP) is 4.29. The molecule has 0 bridgehead atoms. The van der Waals surface area contributed by atoms with Crippen LogP contribution in [0.2, 0.25) is 5.02 Å². The highest BCUT2D eigenvalue weighted by Crippen LogP contribution is 2.24. The molecule has 5 nitrogen and oxygen atoms in total. The third-order valence-corrected chi connectivity index (χ3v) is 4.17. The Hall–Kier alpha value is -3.18. The molecule has 2 heterocycles. The van der Waals surface area contributed by atoms with Crippen LogP contribution in [-0.2, 0) is 6.54 Å². The van der Waals surface area contributed by atoms with Crippen LogP contribution in [0.15, 0.2) is 78.1 Å². The average Bonchev–Trinajstić information content (AvgIpc) is 2.67. The van der Waals surface area contributed by atoms with Gasteiger partial charge in [-0.15, -0.1) is 0 Å². The Morgan fingerprint density at radius 3 is 2.62 bits per heavy atom. The van der Waals surface area contributed by atoms with E-state index in [0.29, 0.717) is 34.0 Å². The summed E-state index contributed by atoms with van der Waals surface area (Å²) in [5.41, 5.74) is 1.44. The Kier molecular flexibility index (Phi) is 4.37. The van der Waals surface area contributed by atoms with Crippen LogP contribution in [0, 0.1) is 0 Å². The van der Waals surface area contributed by atoms with Gasteiger partial charge in [-0.1, -0.05) is 17.7 Å². The highest BCUT2D eigenvalue weighted by Gasteiger charge is 2.07. The average molecular weight is 364 g/mol. The van der Waals surface area contributed by atoms with E-state index in [1.807, 2.05) is 12.1 Å². The summed E-state index contributed by atoms with van der Waals surface area (Å²) in [5, 5.41) is 1.14. The molecule has 0 N–H and O–H groups in total. The number of halogens is 1. The minimum atomic E-state index is -0.125. The smallest absolute Gasteiger partial charge is 0.261 e. The summed E-state index contributed by atoms with van der Waals surface area (Å²) in [6, 6.07) is 16.1. The van der Waals surface area contributed by atoms with Crippen molar-refractivity contribution in [2.75, 3.05) is 0 Å². The molecule has 0 unspecified atom stereocenters. The molecule has 0 fully saturated rings. The minimum Gasteiger partial charge on any atom is -0.457 e. The quantitative estimate of drug-likeness (QED) is 0.543. The van der Waals surface area contributed by atoms with Gasteiger partial charge in [0, 0.05) is 17.4 Å². The fourth-order valence-electron chi connectivity index (χ4n) is 2.64. The van der Waals surface area contributed by atoms with Crippen molar-refractivity contribution in [1.29, 1.82) is 0 Å². The normalized spacial score (nSPS) is 10.8. The first kappa shape index (κ1) is 16.3. The number of hydrogen-bond donors (Lipinski definition) is 0. The molecule has 0 aliphatic carbocycles. The molecular formula is C20H14ClN3O2. The number of nitrogens with zero attached hydrogens (tertiary/aromatic N) is 3. The SMILES string of the molecule is O=c1c2cc(Oc3ccc(Cl)cc3)ccc2ncn1Cc1cccnc1. The summed E-state index contributed by atoms with van der Waals surface area (Å²) in [6.45, 7) is 0.415. The maximum absolute atomic E-state index is 12.8. The maximum Gasteiger partial charge on any atom is 0.261 e. The van der Waals surface area contributed by atoms with Crippen LogP contribution in [0.3, 0.4) is 0 Å². The van der Waals surface area contributed by atoms with Crippen LogP contribution in [0.25, 0.3) is 10.9 Å². The fourth-order valence-corrected chi connectivity index (χ4v) is 2.77. The van der Waals surface area contributed by atoms with Crippen LogP contribution in [-0.4, -0.2) is 14.5 Å². The summed E-state index contributed by atoms with van der Waals surface area (Å²) < 4.78 is 7.37. The lowest BCUT2D eigenvalue weighted by Gasteiger charge is -2.09. The number of pyridine rings is 1. The van der Waals surface area contributed by atoms with Gasteiger partial charge in [0.1, 0.15) is 11.5 Å². The number of ether oxygens (including phenoxy) is 1. The minimum absolute atomic E-state index is 0.125. The molecule has 4 aromatic rings. The third-order valence-electron chi connectivity index (χ3n) is 3.92. The summed E-state index contributed by atoms with van der Waals surface area (Å²) in [7, 11) is 0. The van der Waals surface area contributed by atoms with Gasteiger partial charge in [-0.05, 0) is 54.1 Å². The van der Waals surface area contributed by atoms with E-state index in [0.717, 1.165) is 5.56 Å². The van der Waals surface area contributed by atoms with Crippen LogP contribution >= 0.6 is 11.6 Å². The molecule has 0 atom stereocenters. The zero-order valence-corrected chi connectivity index (χ0v) is 14.4. The lowest BCUT2D eigenvalue weighted by Crippen LogP contribution is -2.21. The van der Waals surface area contributed by atoms with E-state index in [2.05, 4.69) is 9.97 Å². The van der Waals surface area contributed by atoms with Gasteiger partial charge in [-0.2, -0.15) is 0 Å². The fraction of sp³-hybridized carbons (Fsp3) is 0.0500. The number of benzene rings is 2. The molecule has 26 heavy (non-hydrogen) atoms. The van der Waals surface area contributed by atoms with Gasteiger partial charge in [0.05, 0.1) is 23.8 Å². The Bertz CT molecular complexity index is 1110. The van der Waals surface area contributed by atoms with Crippen molar-refractivity contribution >= 4 is 22.5 Å². The summed E-state index contributed by atoms with van der Waals surface area (Å²) in [6.07, 6.45) is 4.99. The molecule has 0 aliphatic rings. The summed E-state index contributed by atoms with van der Waals surface area (Å²) in [5.74, 6) is 1.21. The van der Waals surface area contributed by atoms with E-state index in [1.54, 1.807) is 65.8 Å². The Morgan fingerprint density at radius 2 is 1.85 bits per heavy atom. The van der Waals surface area contributed by atoms with Crippen molar-refractivity contribution in [3.63, 3.8) is 0 Å². The van der Waals surface area contributed by atoms with Crippen molar-refractivity contribution in [2.24, 2.45) is 0 Å². The van der Waals surface area contributed by atoms with Crippen LogP contribution in [0.4, 0.5) is 0 Å². The molecule has 0 spiro atoms. The standard InChI is InChI=1S/C20H14ClN3O2/c21-15-3-5-16(6-4-15)26-17-7-8-19-18(10-17)20(25)24(13-23-19)12-14-2-1-9-22-11-14/h1-11,13H,12H2. The topological polar surface area (TPSA) is 57.0 Å². The monoisotopic (exact) mass is 363 g/mol. The third kappa shape index (κ3) is 3.43. The van der Waals surface area contributed by atoms with Crippen molar-refractivity contribution in [3.8, 4) is 11.5 Å². The van der Waals surface area contributed by atoms with Crippen LogP contribution < -0.4 is 10.3 Å². The van der Waals surface area contributed by atoms with Crippen LogP contribution in [0.1, 0.15) is 5.56 Å². The Balaban J connectivity index is 1.68. The molecule has 0 radical (unpaired) electrons. The molecule has 0 amide bonds. The van der Waals surface area contributed by atoms with E-state index in [1.165, 1.54) is 0 Å². The number of aromatic nitrogens is 3. The molecule has 4 rings (SSSR count). The van der Waals surface area contributed by atoms with Gasteiger partial charge in [0.25, 0.3) is 5.56 Å². The van der Waals surface area contributed by atoms with Crippen molar-refractivity contribution < 1.29 is 4.74 Å². The second-order valence-corrected chi connectivity index (χ2v) is 6.21. The molecule has 0 saturated heterocycles. The predicted molar refractivity (Wildman–Crippen MR) is 101 cm³/mol. The second kappa shape index (κ2) is 6.98. The zero-order chi connectivity index (χ0) is 17.9. The molecule has 0 aliphatic heterocycles. The lowest BCUT2D eigenvalue weighted by atomic mass is 10.2. The molecular weight excluding hydrogens is 350 g/mol. The number of fused-ring (bicyclic) bond motifs is 1. The highest BCUT2D eigenvalue weighted by molar-refractivity contribution is 6.30. The molecule has 2 aromatic heterocycles.